The summed E-state index contributed by atoms with van der Waals surface area (Å²) in [5, 5.41) is 9.90. The van der Waals surface area contributed by atoms with Gasteiger partial charge in [-0.05, 0) is 50.1 Å². The van der Waals surface area contributed by atoms with Crippen LogP contribution >= 0.6 is 0 Å². The minimum atomic E-state index is -0.934. The van der Waals surface area contributed by atoms with Gasteiger partial charge in [-0.25, -0.2) is 4.79 Å². The molecule has 2 fully saturated rings. The Kier molecular flexibility index (Phi) is 5.85. The Morgan fingerprint density at radius 2 is 1.90 bits per heavy atom. The van der Waals surface area contributed by atoms with Gasteiger partial charge in [0.1, 0.15) is 0 Å². The van der Waals surface area contributed by atoms with E-state index >= 15 is 0 Å². The highest BCUT2D eigenvalue weighted by molar-refractivity contribution is 5.74. The maximum atomic E-state index is 11.4. The third-order valence-electron chi connectivity index (χ3n) is 5.30. The molecule has 2 rings (SSSR count). The highest BCUT2D eigenvalue weighted by Gasteiger charge is 2.32. The van der Waals surface area contributed by atoms with Crippen molar-refractivity contribution in [2.24, 2.45) is 17.8 Å². The van der Waals surface area contributed by atoms with E-state index in [9.17, 15) is 9.90 Å². The Morgan fingerprint density at radius 1 is 1.25 bits per heavy atom. The van der Waals surface area contributed by atoms with Crippen molar-refractivity contribution in [2.45, 2.75) is 51.6 Å². The molecule has 116 valence electrons. The molecule has 1 saturated heterocycles. The van der Waals surface area contributed by atoms with Crippen LogP contribution in [0.4, 0.5) is 0 Å². The van der Waals surface area contributed by atoms with Crippen molar-refractivity contribution in [2.75, 3.05) is 26.7 Å². The summed E-state index contributed by atoms with van der Waals surface area (Å²) in [5.41, 5.74) is 0. The monoisotopic (exact) mass is 283 g/mol. The molecule has 0 spiro atoms. The van der Waals surface area contributed by atoms with Crippen LogP contribution in [0.1, 0.15) is 45.4 Å². The van der Waals surface area contributed by atoms with Gasteiger partial charge in [-0.2, -0.15) is 0 Å². The molecule has 3 atom stereocenters. The van der Waals surface area contributed by atoms with Crippen LogP contribution in [0.2, 0.25) is 0 Å². The Morgan fingerprint density at radius 3 is 2.50 bits per heavy atom. The van der Waals surface area contributed by atoms with Crippen LogP contribution in [0.25, 0.3) is 0 Å². The van der Waals surface area contributed by atoms with Crippen molar-refractivity contribution in [1.82, 2.24) is 4.90 Å². The number of piperidine rings is 1. The molecule has 4 nitrogen and oxygen atoms in total. The first-order valence-electron chi connectivity index (χ1n) is 8.10. The van der Waals surface area contributed by atoms with Crippen LogP contribution in [-0.2, 0) is 9.53 Å². The van der Waals surface area contributed by atoms with E-state index in [1.165, 1.54) is 39.3 Å². The van der Waals surface area contributed by atoms with E-state index in [1.54, 1.807) is 0 Å². The van der Waals surface area contributed by atoms with E-state index in [0.717, 1.165) is 37.8 Å². The molecular formula is C16H29NO3. The van der Waals surface area contributed by atoms with Crippen LogP contribution < -0.4 is 0 Å². The molecule has 1 heterocycles. The molecule has 1 N–H and O–H groups in total. The summed E-state index contributed by atoms with van der Waals surface area (Å²) in [6.07, 6.45) is 6.39. The van der Waals surface area contributed by atoms with Gasteiger partial charge in [0, 0.05) is 6.54 Å². The molecule has 20 heavy (non-hydrogen) atoms. The molecule has 0 aromatic carbocycles. The second kappa shape index (κ2) is 7.41. The first-order chi connectivity index (χ1) is 9.61. The van der Waals surface area contributed by atoms with Gasteiger partial charge < -0.3 is 14.7 Å². The first-order valence-corrected chi connectivity index (χ1v) is 8.10. The quantitative estimate of drug-likeness (QED) is 0.802. The molecule has 0 radical (unpaired) electrons. The second-order valence-corrected chi connectivity index (χ2v) is 6.63. The zero-order valence-corrected chi connectivity index (χ0v) is 12.9. The Labute approximate surface area is 122 Å². The highest BCUT2D eigenvalue weighted by atomic mass is 16.5. The van der Waals surface area contributed by atoms with Crippen LogP contribution in [0, 0.1) is 17.8 Å². The lowest BCUT2D eigenvalue weighted by Gasteiger charge is -2.38. The fourth-order valence-electron chi connectivity index (χ4n) is 3.76. The van der Waals surface area contributed by atoms with Gasteiger partial charge in [0.2, 0.25) is 0 Å². The molecule has 3 unspecified atom stereocenters. The number of methoxy groups -OCH3 is 1. The van der Waals surface area contributed by atoms with Crippen LogP contribution in [0.3, 0.4) is 0 Å². The molecule has 0 aromatic heterocycles. The second-order valence-electron chi connectivity index (χ2n) is 6.63. The Hall–Kier alpha value is -0.610. The number of nitrogens with zero attached hydrogens (tertiary/aromatic N) is 1. The highest BCUT2D eigenvalue weighted by Crippen LogP contribution is 2.31. The van der Waals surface area contributed by atoms with Gasteiger partial charge >= 0.3 is 5.97 Å². The lowest BCUT2D eigenvalue weighted by Crippen LogP contribution is -2.43. The van der Waals surface area contributed by atoms with Crippen molar-refractivity contribution in [3.63, 3.8) is 0 Å². The lowest BCUT2D eigenvalue weighted by atomic mass is 9.79. The summed E-state index contributed by atoms with van der Waals surface area (Å²) < 4.78 is 4.63. The van der Waals surface area contributed by atoms with Crippen molar-refractivity contribution in [3.8, 4) is 0 Å². The minimum absolute atomic E-state index is 0.0717. The fourth-order valence-corrected chi connectivity index (χ4v) is 3.76. The largest absolute Gasteiger partial charge is 0.467 e. The summed E-state index contributed by atoms with van der Waals surface area (Å²) in [5.74, 6) is 1.28. The number of likely N-dealkylation sites (tertiary alicyclic amines) is 1. The van der Waals surface area contributed by atoms with Crippen LogP contribution in [-0.4, -0.2) is 48.8 Å². The van der Waals surface area contributed by atoms with Crippen LogP contribution in [0.5, 0.6) is 0 Å². The third kappa shape index (κ3) is 3.95. The first kappa shape index (κ1) is 15.8. The predicted octanol–water partition coefficient (Wildman–Crippen LogP) is 2.06. The number of aliphatic hydroxyl groups is 1. The molecule has 0 aromatic rings. The standard InChI is InChI=1S/C16H29NO3/c1-12-5-3-4-6-14(12)11-17-9-7-13(8-10-17)15(18)16(19)20-2/h12-15,18H,3-11H2,1-2H3. The zero-order valence-electron chi connectivity index (χ0n) is 12.9. The van der Waals surface area contributed by atoms with Crippen molar-refractivity contribution >= 4 is 5.97 Å². The molecule has 1 saturated carbocycles. The van der Waals surface area contributed by atoms with E-state index in [1.807, 2.05) is 0 Å². The summed E-state index contributed by atoms with van der Waals surface area (Å²) in [4.78, 5) is 13.9. The summed E-state index contributed by atoms with van der Waals surface area (Å²) in [6.45, 7) is 5.59. The van der Waals surface area contributed by atoms with Crippen molar-refractivity contribution < 1.29 is 14.6 Å². The van der Waals surface area contributed by atoms with E-state index in [2.05, 4.69) is 16.6 Å². The van der Waals surface area contributed by atoms with Gasteiger partial charge in [0.25, 0.3) is 0 Å². The van der Waals surface area contributed by atoms with E-state index in [4.69, 9.17) is 0 Å². The van der Waals surface area contributed by atoms with E-state index in [-0.39, 0.29) is 5.92 Å². The number of ether oxygens (including phenoxy) is 1. The Bertz CT molecular complexity index is 313. The summed E-state index contributed by atoms with van der Waals surface area (Å²) in [7, 11) is 1.34. The summed E-state index contributed by atoms with van der Waals surface area (Å²) >= 11 is 0. The lowest BCUT2D eigenvalue weighted by molar-refractivity contribution is -0.154. The maximum absolute atomic E-state index is 11.4. The van der Waals surface area contributed by atoms with Gasteiger partial charge in [0.15, 0.2) is 6.10 Å². The number of rotatable bonds is 4. The van der Waals surface area contributed by atoms with Gasteiger partial charge in [-0.3, -0.25) is 0 Å². The van der Waals surface area contributed by atoms with Gasteiger partial charge in [0.05, 0.1) is 7.11 Å². The average molecular weight is 283 g/mol. The molecule has 4 heteroatoms. The van der Waals surface area contributed by atoms with Crippen molar-refractivity contribution in [3.05, 3.63) is 0 Å². The third-order valence-corrected chi connectivity index (χ3v) is 5.30. The van der Waals surface area contributed by atoms with Crippen LogP contribution in [0.15, 0.2) is 0 Å². The molecule has 1 aliphatic carbocycles. The number of hydrogen-bond donors (Lipinski definition) is 1. The predicted molar refractivity (Wildman–Crippen MR) is 78.3 cm³/mol. The number of aliphatic hydroxyl groups excluding tert-OH is 1. The molecule has 2 aliphatic rings. The summed E-state index contributed by atoms with van der Waals surface area (Å²) in [6, 6.07) is 0. The molecule has 1 aliphatic heterocycles. The van der Waals surface area contributed by atoms with E-state index in [0.29, 0.717) is 0 Å². The Balaban J connectivity index is 1.75. The smallest absolute Gasteiger partial charge is 0.334 e. The molecule has 0 amide bonds. The van der Waals surface area contributed by atoms with Gasteiger partial charge in [-0.1, -0.05) is 26.2 Å². The average Bonchev–Trinajstić information content (AvgIpc) is 2.49. The fraction of sp³-hybridized carbons (Fsp3) is 0.938. The number of hydrogen-bond acceptors (Lipinski definition) is 4. The normalized spacial score (nSPS) is 30.9. The zero-order chi connectivity index (χ0) is 14.5. The van der Waals surface area contributed by atoms with Gasteiger partial charge in [-0.15, -0.1) is 0 Å². The topological polar surface area (TPSA) is 49.8 Å². The van der Waals surface area contributed by atoms with Crippen molar-refractivity contribution in [1.29, 1.82) is 0 Å². The molecule has 0 bridgehead atoms. The SMILES string of the molecule is COC(=O)C(O)C1CCN(CC2CCCCC2C)CC1. The molecular weight excluding hydrogens is 254 g/mol. The minimum Gasteiger partial charge on any atom is -0.467 e. The maximum Gasteiger partial charge on any atom is 0.334 e. The number of carbonyl (C=O) groups excluding carboxylic acids is 1. The number of esters is 1. The van der Waals surface area contributed by atoms with E-state index < -0.39 is 12.1 Å². The number of carbonyl (C=O) groups is 1.